The van der Waals surface area contributed by atoms with Crippen LogP contribution in [-0.4, -0.2) is 0 Å². The Bertz CT molecular complexity index is 573. The summed E-state index contributed by atoms with van der Waals surface area (Å²) < 4.78 is 1.12. The minimum atomic E-state index is 0.333. The molecular weight excluding hydrogens is 364 g/mol. The molecule has 0 saturated carbocycles. The van der Waals surface area contributed by atoms with Crippen LogP contribution in [0.4, 0.5) is 0 Å². The van der Waals surface area contributed by atoms with E-state index in [0.717, 1.165) is 15.1 Å². The molecule has 0 saturated heterocycles. The van der Waals surface area contributed by atoms with Gasteiger partial charge in [-0.3, -0.25) is 0 Å². The Balaban J connectivity index is 0.00000106. The zero-order valence-corrected chi connectivity index (χ0v) is 16.2. The first-order valence-corrected chi connectivity index (χ1v) is 9.33. The summed E-state index contributed by atoms with van der Waals surface area (Å²) in [6.07, 6.45) is 4.22. The molecule has 1 atom stereocenters. The van der Waals surface area contributed by atoms with Crippen LogP contribution in [0.2, 0.25) is 0 Å². The Hall–Kier alpha value is -0.440. The molecule has 0 fully saturated rings. The number of hydrogen-bond acceptors (Lipinski definition) is 1. The normalized spacial score (nSPS) is 17.9. The molecule has 0 amide bonds. The van der Waals surface area contributed by atoms with Gasteiger partial charge in [0.1, 0.15) is 0 Å². The van der Waals surface area contributed by atoms with Crippen molar-refractivity contribution in [1.29, 1.82) is 0 Å². The van der Waals surface area contributed by atoms with E-state index < -0.39 is 0 Å². The number of halogens is 2. The summed E-state index contributed by atoms with van der Waals surface area (Å²) >= 11 is 11.5. The largest absolute Gasteiger partial charge is 0.119 e. The van der Waals surface area contributed by atoms with Gasteiger partial charge in [0, 0.05) is 26.1 Å². The molecule has 1 aliphatic heterocycles. The molecule has 0 N–H and O–H groups in total. The molecule has 21 heavy (non-hydrogen) atoms. The highest BCUT2D eigenvalue weighted by Gasteiger charge is 2.22. The van der Waals surface area contributed by atoms with Gasteiger partial charge < -0.3 is 0 Å². The van der Waals surface area contributed by atoms with Crippen molar-refractivity contribution in [2.75, 3.05) is 0 Å². The highest BCUT2D eigenvalue weighted by Crippen LogP contribution is 2.43. The van der Waals surface area contributed by atoms with E-state index in [2.05, 4.69) is 59.8 Å². The fourth-order valence-electron chi connectivity index (χ4n) is 2.35. The fraction of sp³-hybridized carbons (Fsp3) is 0.333. The third-order valence-electron chi connectivity index (χ3n) is 3.26. The molecule has 1 aliphatic rings. The standard InChI is InChI=1S/C16H16BrClS.C2H6/c1-4-5-15-10(2)14-7-6-13(17)8-12(14)9-19-16(15)11(3)18;1-2/h4-8,10H,3,9H2,1-2H3;1-2H3/b5-4-;. The Kier molecular flexibility index (Phi) is 7.86. The summed E-state index contributed by atoms with van der Waals surface area (Å²) in [4.78, 5) is 1.11. The third-order valence-corrected chi connectivity index (χ3v) is 5.29. The first kappa shape index (κ1) is 18.6. The Morgan fingerprint density at radius 1 is 1.43 bits per heavy atom. The lowest BCUT2D eigenvalue weighted by Crippen LogP contribution is -1.99. The van der Waals surface area contributed by atoms with Crippen molar-refractivity contribution >= 4 is 39.3 Å². The SMILES string of the molecule is C=C(Cl)C1=C(/C=C\C)C(C)c2ccc(Br)cc2CS1.CC. The summed E-state index contributed by atoms with van der Waals surface area (Å²) in [5.41, 5.74) is 3.99. The molecule has 2 rings (SSSR count). The van der Waals surface area contributed by atoms with E-state index in [1.54, 1.807) is 11.8 Å². The van der Waals surface area contributed by atoms with Gasteiger partial charge in [0.15, 0.2) is 0 Å². The van der Waals surface area contributed by atoms with Gasteiger partial charge in [-0.05, 0) is 35.8 Å². The van der Waals surface area contributed by atoms with Crippen LogP contribution in [-0.2, 0) is 5.75 Å². The zero-order chi connectivity index (χ0) is 16.0. The number of hydrogen-bond donors (Lipinski definition) is 0. The highest BCUT2D eigenvalue weighted by atomic mass is 79.9. The molecule has 0 nitrogen and oxygen atoms in total. The summed E-state index contributed by atoms with van der Waals surface area (Å²) in [5.74, 6) is 1.26. The van der Waals surface area contributed by atoms with Gasteiger partial charge in [-0.15, -0.1) is 11.8 Å². The monoisotopic (exact) mass is 384 g/mol. The van der Waals surface area contributed by atoms with Crippen LogP contribution in [0.5, 0.6) is 0 Å². The fourth-order valence-corrected chi connectivity index (χ4v) is 4.15. The van der Waals surface area contributed by atoms with Crippen molar-refractivity contribution in [2.45, 2.75) is 39.4 Å². The summed E-state index contributed by atoms with van der Waals surface area (Å²) in [6.45, 7) is 12.2. The minimum Gasteiger partial charge on any atom is -0.119 e. The van der Waals surface area contributed by atoms with Gasteiger partial charge in [-0.25, -0.2) is 0 Å². The van der Waals surface area contributed by atoms with Crippen molar-refractivity contribution in [1.82, 2.24) is 0 Å². The van der Waals surface area contributed by atoms with Gasteiger partial charge >= 0.3 is 0 Å². The van der Waals surface area contributed by atoms with Crippen molar-refractivity contribution < 1.29 is 0 Å². The number of allylic oxidation sites excluding steroid dienone is 4. The molecule has 1 unspecified atom stereocenters. The first-order valence-electron chi connectivity index (χ1n) is 7.17. The molecule has 0 aromatic heterocycles. The van der Waals surface area contributed by atoms with Gasteiger partial charge in [-0.1, -0.05) is 73.1 Å². The van der Waals surface area contributed by atoms with Crippen LogP contribution >= 0.6 is 39.3 Å². The van der Waals surface area contributed by atoms with E-state index in [0.29, 0.717) is 11.0 Å². The lowest BCUT2D eigenvalue weighted by Gasteiger charge is -2.16. The molecular formula is C18H22BrClS. The predicted octanol–water partition coefficient (Wildman–Crippen LogP) is 7.41. The number of thioether (sulfide) groups is 1. The van der Waals surface area contributed by atoms with E-state index in [9.17, 15) is 0 Å². The predicted molar refractivity (Wildman–Crippen MR) is 102 cm³/mol. The van der Waals surface area contributed by atoms with E-state index >= 15 is 0 Å². The van der Waals surface area contributed by atoms with Crippen LogP contribution in [0.25, 0.3) is 0 Å². The van der Waals surface area contributed by atoms with Crippen molar-refractivity contribution in [3.63, 3.8) is 0 Å². The molecule has 0 bridgehead atoms. The Morgan fingerprint density at radius 2 is 2.10 bits per heavy atom. The maximum atomic E-state index is 6.18. The molecule has 3 heteroatoms. The van der Waals surface area contributed by atoms with Gasteiger partial charge in [0.25, 0.3) is 0 Å². The van der Waals surface area contributed by atoms with Crippen LogP contribution in [0, 0.1) is 0 Å². The molecule has 1 aromatic carbocycles. The molecule has 1 aromatic rings. The molecule has 0 radical (unpaired) electrons. The highest BCUT2D eigenvalue weighted by molar-refractivity contribution is 9.10. The van der Waals surface area contributed by atoms with E-state index in [-0.39, 0.29) is 0 Å². The van der Waals surface area contributed by atoms with Crippen molar-refractivity contribution in [3.05, 3.63) is 68.0 Å². The second-order valence-corrected chi connectivity index (χ2v) is 6.90. The number of benzene rings is 1. The lowest BCUT2D eigenvalue weighted by molar-refractivity contribution is 0.908. The average Bonchev–Trinajstić information content (AvgIpc) is 2.60. The van der Waals surface area contributed by atoms with Crippen LogP contribution < -0.4 is 0 Å². The van der Waals surface area contributed by atoms with E-state index in [1.165, 1.54) is 16.7 Å². The summed E-state index contributed by atoms with van der Waals surface area (Å²) in [5, 5.41) is 0.636. The summed E-state index contributed by atoms with van der Waals surface area (Å²) in [7, 11) is 0. The van der Waals surface area contributed by atoms with Gasteiger partial charge in [0.2, 0.25) is 0 Å². The molecule has 0 aliphatic carbocycles. The molecule has 114 valence electrons. The first-order chi connectivity index (χ1) is 10.0. The Labute approximate surface area is 146 Å². The molecule has 0 spiro atoms. The lowest BCUT2D eigenvalue weighted by atomic mass is 9.89. The van der Waals surface area contributed by atoms with Crippen molar-refractivity contribution in [3.8, 4) is 0 Å². The third kappa shape index (κ3) is 4.51. The van der Waals surface area contributed by atoms with Crippen LogP contribution in [0.15, 0.2) is 56.9 Å². The average molecular weight is 386 g/mol. The van der Waals surface area contributed by atoms with Crippen LogP contribution in [0.3, 0.4) is 0 Å². The second kappa shape index (κ2) is 8.87. The quantitative estimate of drug-likeness (QED) is 0.510. The number of rotatable bonds is 2. The zero-order valence-electron chi connectivity index (χ0n) is 13.0. The topological polar surface area (TPSA) is 0 Å². The maximum absolute atomic E-state index is 6.18. The second-order valence-electron chi connectivity index (χ2n) is 4.54. The van der Waals surface area contributed by atoms with Crippen molar-refractivity contribution in [2.24, 2.45) is 0 Å². The van der Waals surface area contributed by atoms with E-state index in [4.69, 9.17) is 11.6 Å². The van der Waals surface area contributed by atoms with Gasteiger partial charge in [0.05, 0.1) is 0 Å². The minimum absolute atomic E-state index is 0.333. The van der Waals surface area contributed by atoms with Crippen LogP contribution in [0.1, 0.15) is 44.7 Å². The number of fused-ring (bicyclic) bond motifs is 1. The van der Waals surface area contributed by atoms with Gasteiger partial charge in [-0.2, -0.15) is 0 Å². The van der Waals surface area contributed by atoms with E-state index in [1.807, 2.05) is 20.8 Å². The summed E-state index contributed by atoms with van der Waals surface area (Å²) in [6, 6.07) is 6.51. The Morgan fingerprint density at radius 3 is 2.67 bits per heavy atom. The smallest absolute Gasteiger partial charge is 0.0473 e. The molecule has 1 heterocycles. The maximum Gasteiger partial charge on any atom is 0.0473 e.